The van der Waals surface area contributed by atoms with E-state index in [1.54, 1.807) is 62.4 Å². The van der Waals surface area contributed by atoms with Crippen molar-refractivity contribution in [3.63, 3.8) is 0 Å². The summed E-state index contributed by atoms with van der Waals surface area (Å²) in [7, 11) is 3.88. The number of anilines is 6. The monoisotopic (exact) mass is 1360 g/mol. The van der Waals surface area contributed by atoms with Crippen molar-refractivity contribution in [2.45, 2.75) is 13.8 Å². The van der Waals surface area contributed by atoms with E-state index < -0.39 is 0 Å². The van der Waals surface area contributed by atoms with Crippen LogP contribution in [0.1, 0.15) is 19.4 Å². The van der Waals surface area contributed by atoms with Crippen LogP contribution in [0.25, 0.3) is 0 Å². The van der Waals surface area contributed by atoms with Gasteiger partial charge >= 0.3 is 11.9 Å². The molecule has 0 saturated heterocycles. The Kier molecular flexibility index (Phi) is 35.8. The highest BCUT2D eigenvalue weighted by atomic mass is 16.5. The maximum absolute atomic E-state index is 11.5. The van der Waals surface area contributed by atoms with Gasteiger partial charge in [0.2, 0.25) is 0 Å². The molecule has 0 aromatic heterocycles. The fourth-order valence-electron chi connectivity index (χ4n) is 8.73. The van der Waals surface area contributed by atoms with Crippen LogP contribution in [-0.2, 0) is 19.1 Å². The molecule has 8 aromatic carbocycles. The first-order chi connectivity index (χ1) is 48.5. The second-order valence-corrected chi connectivity index (χ2v) is 21.9. The Morgan fingerprint density at radius 1 is 0.370 bits per heavy atom. The normalized spacial score (nSPS) is 10.8. The molecular formula is C75H89N15O10. The molecular weight excluding hydrogens is 1270 g/mol. The highest BCUT2D eigenvalue weighted by Crippen LogP contribution is 2.28. The highest BCUT2D eigenvalue weighted by Gasteiger charge is 2.11. The number of para-hydroxylation sites is 1. The van der Waals surface area contributed by atoms with Crippen molar-refractivity contribution in [3.8, 4) is 6.07 Å². The summed E-state index contributed by atoms with van der Waals surface area (Å²) in [6.45, 7) is 15.2. The molecule has 8 N–H and O–H groups in total. The van der Waals surface area contributed by atoms with Crippen molar-refractivity contribution in [1.29, 1.82) is 5.26 Å². The van der Waals surface area contributed by atoms with Gasteiger partial charge in [0.1, 0.15) is 13.2 Å². The first-order valence-electron chi connectivity index (χ1n) is 32.1. The lowest BCUT2D eigenvalue weighted by atomic mass is 10.2. The fraction of sp³-hybridized carbons (Fsp3) is 0.267. The second-order valence-electron chi connectivity index (χ2n) is 21.9. The topological polar surface area (TPSA) is 339 Å². The van der Waals surface area contributed by atoms with Crippen LogP contribution in [0.15, 0.2) is 265 Å². The van der Waals surface area contributed by atoms with Gasteiger partial charge in [-0.25, -0.2) is 9.59 Å². The number of hydrogen-bond donors (Lipinski definition) is 7. The molecule has 0 amide bonds. The molecule has 25 nitrogen and oxygen atoms in total. The van der Waals surface area contributed by atoms with Gasteiger partial charge in [-0.05, 0) is 196 Å². The minimum Gasteiger partial charge on any atom is -0.460 e. The zero-order chi connectivity index (χ0) is 72.3. The number of nitrogens with two attached hydrogens (primary N) is 1. The number of likely N-dealkylation sites (N-methyl/N-ethyl adjacent to an activating group) is 2. The van der Waals surface area contributed by atoms with E-state index in [0.29, 0.717) is 115 Å². The van der Waals surface area contributed by atoms with Crippen molar-refractivity contribution >= 4 is 91.6 Å². The van der Waals surface area contributed by atoms with Gasteiger partial charge in [0.05, 0.1) is 110 Å². The minimum absolute atomic E-state index is 0.0126. The summed E-state index contributed by atoms with van der Waals surface area (Å²) >= 11 is 0. The Labute approximate surface area is 584 Å². The van der Waals surface area contributed by atoms with Crippen LogP contribution in [0, 0.1) is 11.3 Å². The molecule has 0 unspecified atom stereocenters. The third-order valence-electron chi connectivity index (χ3n) is 14.2. The summed E-state index contributed by atoms with van der Waals surface area (Å²) in [4.78, 5) is 32.3. The van der Waals surface area contributed by atoms with E-state index in [9.17, 15) is 19.8 Å². The quantitative estimate of drug-likeness (QED) is 0.00869. The molecule has 524 valence electrons. The highest BCUT2D eigenvalue weighted by molar-refractivity contribution is 5.87. The summed E-state index contributed by atoms with van der Waals surface area (Å²) in [5.74, 6) is -0.718. The van der Waals surface area contributed by atoms with E-state index in [-0.39, 0.29) is 58.2 Å². The van der Waals surface area contributed by atoms with Crippen LogP contribution in [0.4, 0.5) is 79.6 Å². The fourth-order valence-corrected chi connectivity index (χ4v) is 8.73. The summed E-state index contributed by atoms with van der Waals surface area (Å²) in [5, 5.41) is 97.0. The number of hydrogen-bond acceptors (Lipinski definition) is 25. The Balaban J connectivity index is 0.000000255. The zero-order valence-electron chi connectivity index (χ0n) is 56.9. The second kappa shape index (κ2) is 45.2. The number of esters is 2. The Morgan fingerprint density at radius 3 is 0.850 bits per heavy atom. The predicted molar refractivity (Wildman–Crippen MR) is 395 cm³/mol. The number of aliphatic hydroxyl groups excluding tert-OH is 6. The van der Waals surface area contributed by atoms with E-state index in [0.717, 1.165) is 39.8 Å². The summed E-state index contributed by atoms with van der Waals surface area (Å²) in [6.07, 6.45) is 0. The van der Waals surface area contributed by atoms with Gasteiger partial charge in [-0.1, -0.05) is 31.4 Å². The smallest absolute Gasteiger partial charge is 0.333 e. The number of nitriles is 1. The van der Waals surface area contributed by atoms with Gasteiger partial charge < -0.3 is 70.3 Å². The first kappa shape index (κ1) is 79.3. The van der Waals surface area contributed by atoms with Gasteiger partial charge in [0.15, 0.2) is 0 Å². The molecule has 25 heteroatoms. The average molecular weight is 1360 g/mol. The maximum atomic E-state index is 11.5. The molecule has 8 rings (SSSR count). The lowest BCUT2D eigenvalue weighted by molar-refractivity contribution is -0.139. The standard InChI is InChI=1S/C29H34N6O4.C17H18N4O2.C16H20N4O2.C13H17NO2/c1-22(2)29(38)39-21-18-34(3)27-12-8-25(9-13-27)32-30-23-4-6-24(7-5-23)31-33-26-10-14-28(15-11-26)35(16-19-36)17-20-37;18-13-14-1-3-15(4-2-14)19-20-16-5-7-17(8-6-16)21(9-11-22)10-12-23;17-13-1-3-14(4-2-13)18-19-15-5-7-16(8-6-15)20(9-11-21)10-12-22;1-11(2)13(15)16-10-9-14(3)12-7-5-4-6-8-12/h4-15,36-37H,1,16-21H2,2-3H3;1-8,22-23H,9-12H2;1-8,21-22H,9-12,17H2;4-8H,1,9-10H2,2-3H3. The Bertz CT molecular complexity index is 3840. The van der Waals surface area contributed by atoms with Crippen molar-refractivity contribution in [1.82, 2.24) is 0 Å². The summed E-state index contributed by atoms with van der Waals surface area (Å²) < 4.78 is 10.2. The molecule has 0 saturated carbocycles. The maximum Gasteiger partial charge on any atom is 0.333 e. The number of rotatable bonds is 33. The molecule has 0 atom stereocenters. The number of azo groups is 4. The molecule has 0 heterocycles. The van der Waals surface area contributed by atoms with Gasteiger partial charge in [0, 0.05) is 98.6 Å². The molecule has 100 heavy (non-hydrogen) atoms. The van der Waals surface area contributed by atoms with Gasteiger partial charge in [-0.15, -0.1) is 0 Å². The number of aliphatic hydroxyl groups is 6. The van der Waals surface area contributed by atoms with Crippen LogP contribution in [0.5, 0.6) is 0 Å². The van der Waals surface area contributed by atoms with E-state index >= 15 is 0 Å². The summed E-state index contributed by atoms with van der Waals surface area (Å²) in [5.41, 5.74) is 18.1. The molecule has 0 aliphatic carbocycles. The number of benzene rings is 8. The minimum atomic E-state index is -0.386. The lowest BCUT2D eigenvalue weighted by Gasteiger charge is -2.22. The SMILES string of the molecule is C=C(C)C(=O)OCCN(C)c1ccc(N=Nc2ccc(N=Nc3ccc(N(CCO)CCO)cc3)cc2)cc1.C=C(C)C(=O)OCCN(C)c1ccccc1.N#Cc1ccc(N=Nc2ccc(N(CCO)CCO)cc2)cc1.Nc1ccc(N=Nc2ccc(N(CCO)CCO)cc2)cc1. The summed E-state index contributed by atoms with van der Waals surface area (Å²) in [6, 6.07) is 63.2. The molecule has 0 fully saturated rings. The van der Waals surface area contributed by atoms with E-state index in [1.807, 2.05) is 190 Å². The molecule has 0 radical (unpaired) electrons. The number of nitrogens with zero attached hydrogens (tertiary/aromatic N) is 14. The van der Waals surface area contributed by atoms with E-state index in [1.165, 1.54) is 0 Å². The first-order valence-corrected chi connectivity index (χ1v) is 32.1. The van der Waals surface area contributed by atoms with Crippen LogP contribution >= 0.6 is 0 Å². The third kappa shape index (κ3) is 29.5. The third-order valence-corrected chi connectivity index (χ3v) is 14.2. The molecule has 0 spiro atoms. The number of nitrogen functional groups attached to an aromatic ring is 1. The van der Waals surface area contributed by atoms with Crippen molar-refractivity contribution < 1.29 is 49.7 Å². The van der Waals surface area contributed by atoms with Gasteiger partial charge in [-0.2, -0.15) is 46.2 Å². The predicted octanol–water partition coefficient (Wildman–Crippen LogP) is 13.3. The largest absolute Gasteiger partial charge is 0.460 e. The molecule has 0 bridgehead atoms. The zero-order valence-corrected chi connectivity index (χ0v) is 56.9. The average Bonchev–Trinajstić information content (AvgIpc) is 1.23. The molecule has 0 aliphatic heterocycles. The van der Waals surface area contributed by atoms with Gasteiger partial charge in [-0.3, -0.25) is 0 Å². The van der Waals surface area contributed by atoms with E-state index in [2.05, 4.69) is 60.1 Å². The van der Waals surface area contributed by atoms with Crippen LogP contribution in [0.2, 0.25) is 0 Å². The van der Waals surface area contributed by atoms with Crippen molar-refractivity contribution in [2.24, 2.45) is 40.9 Å². The molecule has 8 aromatic rings. The van der Waals surface area contributed by atoms with Gasteiger partial charge in [0.25, 0.3) is 0 Å². The van der Waals surface area contributed by atoms with Crippen molar-refractivity contribution in [3.05, 3.63) is 230 Å². The van der Waals surface area contributed by atoms with Crippen LogP contribution in [-0.4, -0.2) is 162 Å². The van der Waals surface area contributed by atoms with Crippen LogP contribution in [0.3, 0.4) is 0 Å². The molecule has 0 aliphatic rings. The number of carbonyl (C=O) groups is 2. The Morgan fingerprint density at radius 2 is 0.600 bits per heavy atom. The lowest BCUT2D eigenvalue weighted by Crippen LogP contribution is -2.29. The Hall–Kier alpha value is -11.4. The number of ether oxygens (including phenoxy) is 2. The number of carbonyl (C=O) groups excluding carboxylic acids is 2. The van der Waals surface area contributed by atoms with Crippen LogP contribution < -0.4 is 30.2 Å². The van der Waals surface area contributed by atoms with Crippen molar-refractivity contribution in [2.75, 3.05) is 150 Å². The van der Waals surface area contributed by atoms with E-state index in [4.69, 9.17) is 40.9 Å².